The molecule has 2 unspecified atom stereocenters. The van der Waals surface area contributed by atoms with Crippen molar-refractivity contribution in [3.8, 4) is 0 Å². The minimum absolute atomic E-state index is 0.0279. The Morgan fingerprint density at radius 2 is 1.76 bits per heavy atom. The van der Waals surface area contributed by atoms with Crippen LogP contribution in [0.15, 0.2) is 12.3 Å². The summed E-state index contributed by atoms with van der Waals surface area (Å²) in [4.78, 5) is 32.7. The Bertz CT molecular complexity index is 919. The van der Waals surface area contributed by atoms with Crippen molar-refractivity contribution in [2.24, 2.45) is 10.8 Å². The predicted octanol–water partition coefficient (Wildman–Crippen LogP) is 4.99. The van der Waals surface area contributed by atoms with E-state index in [0.29, 0.717) is 11.4 Å². The van der Waals surface area contributed by atoms with Crippen LogP contribution in [0.5, 0.6) is 0 Å². The molecule has 2 rings (SSSR count). The second kappa shape index (κ2) is 9.24. The van der Waals surface area contributed by atoms with Gasteiger partial charge < -0.3 is 20.4 Å². The van der Waals surface area contributed by atoms with Crippen LogP contribution >= 0.6 is 0 Å². The second-order valence-electron chi connectivity index (χ2n) is 12.3. The number of aryl methyl sites for hydroxylation is 1. The molecule has 1 aliphatic rings. The van der Waals surface area contributed by atoms with Gasteiger partial charge in [-0.05, 0) is 70.7 Å². The highest BCUT2D eigenvalue weighted by Gasteiger charge is 2.55. The van der Waals surface area contributed by atoms with Gasteiger partial charge in [-0.1, -0.05) is 34.6 Å². The SMILES string of the molecule is Cc1ncc(C2CCN(C)CC2(C)C)cc1NC(NC(=O)O)(N(C(=O)O)C(C)(C)C)C(C)(C)C. The molecule has 0 spiro atoms. The molecule has 2 amide bonds. The average molecular weight is 478 g/mol. The quantitative estimate of drug-likeness (QED) is 0.441. The van der Waals surface area contributed by atoms with E-state index in [-0.39, 0.29) is 11.3 Å². The predicted molar refractivity (Wildman–Crippen MR) is 134 cm³/mol. The molecule has 2 atom stereocenters. The third kappa shape index (κ3) is 5.56. The maximum absolute atomic E-state index is 12.6. The van der Waals surface area contributed by atoms with Crippen molar-refractivity contribution < 1.29 is 19.8 Å². The van der Waals surface area contributed by atoms with Gasteiger partial charge in [0.2, 0.25) is 5.79 Å². The summed E-state index contributed by atoms with van der Waals surface area (Å²) < 4.78 is 0. The number of rotatable bonds is 5. The van der Waals surface area contributed by atoms with E-state index >= 15 is 0 Å². The molecule has 1 saturated heterocycles. The molecule has 0 aromatic carbocycles. The molecule has 4 N–H and O–H groups in total. The second-order valence-corrected chi connectivity index (χ2v) is 12.3. The fourth-order valence-electron chi connectivity index (χ4n) is 5.25. The highest BCUT2D eigenvalue weighted by molar-refractivity contribution is 5.73. The summed E-state index contributed by atoms with van der Waals surface area (Å²) in [5.74, 6) is -1.40. The van der Waals surface area contributed by atoms with Crippen molar-refractivity contribution in [2.75, 3.05) is 25.5 Å². The van der Waals surface area contributed by atoms with Crippen LogP contribution in [0.1, 0.15) is 79.0 Å². The zero-order valence-electron chi connectivity index (χ0n) is 22.4. The summed E-state index contributed by atoms with van der Waals surface area (Å²) in [6.07, 6.45) is 0.313. The third-order valence-corrected chi connectivity index (χ3v) is 6.82. The van der Waals surface area contributed by atoms with Crippen LogP contribution in [0.2, 0.25) is 0 Å². The number of piperidine rings is 1. The molecular formula is C25H43N5O4. The molecule has 1 aromatic heterocycles. The number of nitrogens with zero attached hydrogens (tertiary/aromatic N) is 3. The Morgan fingerprint density at radius 3 is 2.21 bits per heavy atom. The molecule has 0 aliphatic carbocycles. The number of hydrogen-bond donors (Lipinski definition) is 4. The Labute approximate surface area is 203 Å². The standard InChI is InChI=1S/C25H43N5O4/c1-16-19(13-17(14-26-16)18-11-12-29(10)15-24(18,8)9)27-25(22(2,3)4,28-20(31)32)30(21(33)34)23(5,6)7/h13-14,18,27-28H,11-12,15H2,1-10H3,(H,31,32)(H,33,34). The van der Waals surface area contributed by atoms with Gasteiger partial charge in [0.1, 0.15) is 0 Å². The number of amides is 2. The zero-order chi connectivity index (χ0) is 26.3. The van der Waals surface area contributed by atoms with Gasteiger partial charge in [-0.25, -0.2) is 9.59 Å². The van der Waals surface area contributed by atoms with E-state index in [0.717, 1.165) is 30.0 Å². The first kappa shape index (κ1) is 27.7. The lowest BCUT2D eigenvalue weighted by atomic mass is 9.71. The van der Waals surface area contributed by atoms with Crippen molar-refractivity contribution >= 4 is 17.9 Å². The Kier molecular flexibility index (Phi) is 7.53. The fourth-order valence-corrected chi connectivity index (χ4v) is 5.25. The van der Waals surface area contributed by atoms with Crippen molar-refractivity contribution in [2.45, 2.75) is 86.0 Å². The van der Waals surface area contributed by atoms with E-state index in [1.165, 1.54) is 0 Å². The van der Waals surface area contributed by atoms with Gasteiger partial charge in [0.15, 0.2) is 0 Å². The number of carbonyl (C=O) groups is 2. The van der Waals surface area contributed by atoms with Crippen LogP contribution in [0, 0.1) is 17.8 Å². The number of carboxylic acid groups (broad SMARTS) is 2. The van der Waals surface area contributed by atoms with E-state index in [2.05, 4.69) is 41.4 Å². The lowest BCUT2D eigenvalue weighted by molar-refractivity contribution is -0.0450. The van der Waals surface area contributed by atoms with Crippen molar-refractivity contribution in [3.05, 3.63) is 23.5 Å². The summed E-state index contributed by atoms with van der Waals surface area (Å²) in [6, 6.07) is 2.01. The van der Waals surface area contributed by atoms with Crippen LogP contribution in [0.3, 0.4) is 0 Å². The minimum atomic E-state index is -1.67. The van der Waals surface area contributed by atoms with Gasteiger partial charge in [0.05, 0.1) is 11.4 Å². The van der Waals surface area contributed by atoms with E-state index < -0.39 is 28.9 Å². The number of pyridine rings is 1. The van der Waals surface area contributed by atoms with Crippen LogP contribution in [-0.2, 0) is 0 Å². The van der Waals surface area contributed by atoms with Crippen molar-refractivity contribution in [1.82, 2.24) is 20.1 Å². The fraction of sp³-hybridized carbons (Fsp3) is 0.720. The first-order valence-corrected chi connectivity index (χ1v) is 11.8. The van der Waals surface area contributed by atoms with Crippen LogP contribution in [0.4, 0.5) is 15.3 Å². The topological polar surface area (TPSA) is 118 Å². The Morgan fingerprint density at radius 1 is 1.18 bits per heavy atom. The molecule has 0 radical (unpaired) electrons. The average Bonchev–Trinajstić information content (AvgIpc) is 2.59. The van der Waals surface area contributed by atoms with Gasteiger partial charge >= 0.3 is 12.2 Å². The number of aromatic nitrogens is 1. The van der Waals surface area contributed by atoms with Crippen LogP contribution < -0.4 is 10.6 Å². The summed E-state index contributed by atoms with van der Waals surface area (Å²) in [7, 11) is 2.13. The Balaban J connectivity index is 2.69. The van der Waals surface area contributed by atoms with Gasteiger partial charge in [-0.2, -0.15) is 0 Å². The highest BCUT2D eigenvalue weighted by Crippen LogP contribution is 2.44. The van der Waals surface area contributed by atoms with E-state index in [1.54, 1.807) is 20.8 Å². The van der Waals surface area contributed by atoms with E-state index in [1.807, 2.05) is 40.0 Å². The minimum Gasteiger partial charge on any atom is -0.465 e. The van der Waals surface area contributed by atoms with Gasteiger partial charge in [0.25, 0.3) is 0 Å². The molecule has 9 nitrogen and oxygen atoms in total. The first-order chi connectivity index (χ1) is 15.3. The van der Waals surface area contributed by atoms with E-state index in [9.17, 15) is 19.8 Å². The molecule has 0 bridgehead atoms. The molecule has 34 heavy (non-hydrogen) atoms. The first-order valence-electron chi connectivity index (χ1n) is 11.8. The monoisotopic (exact) mass is 477 g/mol. The lowest BCUT2D eigenvalue weighted by Gasteiger charge is -2.55. The molecule has 0 saturated carbocycles. The highest BCUT2D eigenvalue weighted by atomic mass is 16.4. The summed E-state index contributed by atoms with van der Waals surface area (Å²) in [6.45, 7) is 18.9. The third-order valence-electron chi connectivity index (χ3n) is 6.82. The Hall–Kier alpha value is -2.55. The van der Waals surface area contributed by atoms with Gasteiger partial charge in [-0.15, -0.1) is 0 Å². The normalized spacial score (nSPS) is 20.8. The molecular weight excluding hydrogens is 434 g/mol. The van der Waals surface area contributed by atoms with Crippen LogP contribution in [-0.4, -0.2) is 68.6 Å². The zero-order valence-corrected chi connectivity index (χ0v) is 22.4. The van der Waals surface area contributed by atoms with E-state index in [4.69, 9.17) is 0 Å². The molecule has 1 aliphatic heterocycles. The number of anilines is 1. The van der Waals surface area contributed by atoms with Crippen LogP contribution in [0.25, 0.3) is 0 Å². The summed E-state index contributed by atoms with van der Waals surface area (Å²) in [5, 5.41) is 25.9. The number of nitrogens with one attached hydrogen (secondary N) is 2. The van der Waals surface area contributed by atoms with Crippen molar-refractivity contribution in [1.29, 1.82) is 0 Å². The molecule has 9 heteroatoms. The van der Waals surface area contributed by atoms with Crippen molar-refractivity contribution in [3.63, 3.8) is 0 Å². The largest absolute Gasteiger partial charge is 0.465 e. The number of likely N-dealkylation sites (tertiary alicyclic amines) is 1. The maximum atomic E-state index is 12.6. The van der Waals surface area contributed by atoms with Gasteiger partial charge in [-0.3, -0.25) is 15.2 Å². The lowest BCUT2D eigenvalue weighted by Crippen LogP contribution is -2.76. The molecule has 1 aromatic rings. The van der Waals surface area contributed by atoms with Gasteiger partial charge in [0, 0.05) is 23.7 Å². The maximum Gasteiger partial charge on any atom is 0.411 e. The molecule has 192 valence electrons. The molecule has 1 fully saturated rings. The number of hydrogen-bond acceptors (Lipinski definition) is 5. The smallest absolute Gasteiger partial charge is 0.411 e. The summed E-state index contributed by atoms with van der Waals surface area (Å²) >= 11 is 0. The summed E-state index contributed by atoms with van der Waals surface area (Å²) in [5.41, 5.74) is 0.568. The molecule has 2 heterocycles.